The summed E-state index contributed by atoms with van der Waals surface area (Å²) in [7, 11) is 1.80. The summed E-state index contributed by atoms with van der Waals surface area (Å²) in [6.07, 6.45) is 34.3. The van der Waals surface area contributed by atoms with Crippen LogP contribution in [0.4, 0.5) is 0 Å². The lowest BCUT2D eigenvalue weighted by molar-refractivity contribution is 0.192. The number of rotatable bonds is 25. The van der Waals surface area contributed by atoms with Gasteiger partial charge in [0.05, 0.1) is 0 Å². The number of hydrogen-bond donors (Lipinski definition) is 0. The van der Waals surface area contributed by atoms with Crippen LogP contribution in [-0.2, 0) is 4.74 Å². The molecule has 0 fully saturated rings. The van der Waals surface area contributed by atoms with E-state index in [4.69, 9.17) is 4.74 Å². The van der Waals surface area contributed by atoms with Crippen molar-refractivity contribution in [2.75, 3.05) is 13.7 Å². The monoisotopic (exact) mass is 395 g/mol. The van der Waals surface area contributed by atoms with E-state index >= 15 is 0 Å². The zero-order chi connectivity index (χ0) is 20.4. The van der Waals surface area contributed by atoms with Gasteiger partial charge in [0.15, 0.2) is 0 Å². The molecule has 28 heavy (non-hydrogen) atoms. The Kier molecular flexibility index (Phi) is 26.9. The molecule has 0 heterocycles. The Morgan fingerprint density at radius 2 is 0.571 bits per heavy atom. The highest BCUT2D eigenvalue weighted by Crippen LogP contribution is 2.15. The average Bonchev–Trinajstić information content (AvgIpc) is 2.71. The Bertz CT molecular complexity index is 225. The van der Waals surface area contributed by atoms with Crippen molar-refractivity contribution in [3.63, 3.8) is 0 Å². The van der Waals surface area contributed by atoms with Crippen LogP contribution in [0.5, 0.6) is 0 Å². The quantitative estimate of drug-likeness (QED) is 0.140. The normalized spacial score (nSPS) is 11.4. The van der Waals surface area contributed by atoms with Gasteiger partial charge < -0.3 is 4.74 Å². The van der Waals surface area contributed by atoms with Crippen molar-refractivity contribution < 1.29 is 4.74 Å². The van der Waals surface area contributed by atoms with E-state index in [1.165, 1.54) is 148 Å². The first-order valence-electron chi connectivity index (χ1n) is 13.2. The highest BCUT2D eigenvalue weighted by molar-refractivity contribution is 4.51. The van der Waals surface area contributed by atoms with E-state index in [0.29, 0.717) is 0 Å². The maximum Gasteiger partial charge on any atom is 0.0462 e. The van der Waals surface area contributed by atoms with Crippen LogP contribution in [-0.4, -0.2) is 13.7 Å². The molecule has 0 rings (SSSR count). The first-order chi connectivity index (χ1) is 13.9. The Morgan fingerprint density at radius 1 is 0.357 bits per heavy atom. The summed E-state index contributed by atoms with van der Waals surface area (Å²) < 4.78 is 5.09. The lowest BCUT2D eigenvalue weighted by Gasteiger charge is -2.04. The molecule has 0 aromatic carbocycles. The van der Waals surface area contributed by atoms with Crippen LogP contribution in [0, 0.1) is 6.92 Å². The number of methoxy groups -OCH3 is 1. The third-order valence-electron chi connectivity index (χ3n) is 6.10. The van der Waals surface area contributed by atoms with Gasteiger partial charge in [0.1, 0.15) is 0 Å². The fourth-order valence-electron chi connectivity index (χ4n) is 4.14. The van der Waals surface area contributed by atoms with Gasteiger partial charge in [-0.3, -0.25) is 0 Å². The second-order valence-corrected chi connectivity index (χ2v) is 8.98. The summed E-state index contributed by atoms with van der Waals surface area (Å²) >= 11 is 0. The van der Waals surface area contributed by atoms with Crippen LogP contribution in [0.3, 0.4) is 0 Å². The summed E-state index contributed by atoms with van der Waals surface area (Å²) in [4.78, 5) is 0. The maximum absolute atomic E-state index is 5.09. The van der Waals surface area contributed by atoms with Crippen LogP contribution in [0.15, 0.2) is 0 Å². The predicted octanol–water partition coefficient (Wildman–Crippen LogP) is 9.83. The molecule has 0 aliphatic heterocycles. The molecule has 0 saturated carbocycles. The summed E-state index contributed by atoms with van der Waals surface area (Å²) in [6.45, 7) is 4.85. The zero-order valence-corrected chi connectivity index (χ0v) is 19.8. The Morgan fingerprint density at radius 3 is 0.786 bits per heavy atom. The molecule has 0 saturated heterocycles. The van der Waals surface area contributed by atoms with Crippen LogP contribution >= 0.6 is 0 Å². The minimum atomic E-state index is 0.942. The third-order valence-corrected chi connectivity index (χ3v) is 6.10. The molecule has 0 amide bonds. The van der Waals surface area contributed by atoms with Gasteiger partial charge in [0.2, 0.25) is 0 Å². The van der Waals surface area contributed by atoms with Crippen molar-refractivity contribution >= 4 is 0 Å². The first-order valence-corrected chi connectivity index (χ1v) is 13.2. The van der Waals surface area contributed by atoms with Crippen molar-refractivity contribution in [1.29, 1.82) is 0 Å². The first kappa shape index (κ1) is 28.0. The maximum atomic E-state index is 5.09. The van der Waals surface area contributed by atoms with Crippen LogP contribution < -0.4 is 0 Å². The standard InChI is InChI=1S/C27H55O/c1-3-4-5-6-7-8-9-10-11-12-13-14-15-16-17-18-19-20-21-22-23-24-25-26-27-28-2/h1,3-27H2,2H3. The summed E-state index contributed by atoms with van der Waals surface area (Å²) in [6, 6.07) is 0. The highest BCUT2D eigenvalue weighted by Gasteiger charge is 1.96. The van der Waals surface area contributed by atoms with Crippen LogP contribution in [0.2, 0.25) is 0 Å². The fraction of sp³-hybridized carbons (Fsp3) is 0.963. The predicted molar refractivity (Wildman–Crippen MR) is 128 cm³/mol. The van der Waals surface area contributed by atoms with Gasteiger partial charge >= 0.3 is 0 Å². The minimum absolute atomic E-state index is 0.942. The van der Waals surface area contributed by atoms with Crippen molar-refractivity contribution in [3.8, 4) is 0 Å². The summed E-state index contributed by atoms with van der Waals surface area (Å²) in [5.74, 6) is 0. The van der Waals surface area contributed by atoms with Crippen molar-refractivity contribution in [3.05, 3.63) is 6.92 Å². The van der Waals surface area contributed by atoms with E-state index in [9.17, 15) is 0 Å². The molecule has 0 unspecified atom stereocenters. The lowest BCUT2D eigenvalue weighted by Crippen LogP contribution is -1.88. The molecule has 0 aromatic heterocycles. The largest absolute Gasteiger partial charge is 0.385 e. The molecule has 0 aliphatic carbocycles. The van der Waals surface area contributed by atoms with Crippen molar-refractivity contribution in [2.45, 2.75) is 154 Å². The van der Waals surface area contributed by atoms with Gasteiger partial charge in [-0.15, -0.1) is 0 Å². The van der Waals surface area contributed by atoms with E-state index in [1.807, 2.05) is 0 Å². The molecule has 0 bridgehead atoms. The number of unbranched alkanes of at least 4 members (excludes halogenated alkanes) is 23. The van der Waals surface area contributed by atoms with E-state index in [-0.39, 0.29) is 0 Å². The smallest absolute Gasteiger partial charge is 0.0462 e. The van der Waals surface area contributed by atoms with E-state index in [0.717, 1.165) is 13.0 Å². The molecule has 0 aliphatic rings. The van der Waals surface area contributed by atoms with Crippen molar-refractivity contribution in [1.82, 2.24) is 0 Å². The second-order valence-electron chi connectivity index (χ2n) is 8.98. The molecule has 1 radical (unpaired) electrons. The Balaban J connectivity index is 2.96. The third kappa shape index (κ3) is 26.0. The van der Waals surface area contributed by atoms with Crippen LogP contribution in [0.1, 0.15) is 154 Å². The molecule has 1 nitrogen and oxygen atoms in total. The van der Waals surface area contributed by atoms with E-state index in [2.05, 4.69) is 6.92 Å². The zero-order valence-electron chi connectivity index (χ0n) is 19.8. The van der Waals surface area contributed by atoms with Gasteiger partial charge in [-0.25, -0.2) is 0 Å². The van der Waals surface area contributed by atoms with Gasteiger partial charge in [-0.2, -0.15) is 0 Å². The molecule has 169 valence electrons. The Hall–Kier alpha value is -0.0400. The molecule has 0 N–H and O–H groups in total. The topological polar surface area (TPSA) is 9.23 Å². The van der Waals surface area contributed by atoms with Gasteiger partial charge in [0, 0.05) is 13.7 Å². The average molecular weight is 396 g/mol. The second kappa shape index (κ2) is 27.0. The SMILES string of the molecule is [CH2]CCCCCCCCCCCCCCCCCCCCCCCCCOC. The highest BCUT2D eigenvalue weighted by atomic mass is 16.5. The summed E-state index contributed by atoms with van der Waals surface area (Å²) in [5, 5.41) is 0. The molecule has 0 atom stereocenters. The van der Waals surface area contributed by atoms with E-state index in [1.54, 1.807) is 7.11 Å². The lowest BCUT2D eigenvalue weighted by atomic mass is 10.0. The Labute approximate surface area is 179 Å². The van der Waals surface area contributed by atoms with Crippen LogP contribution in [0.25, 0.3) is 0 Å². The van der Waals surface area contributed by atoms with E-state index < -0.39 is 0 Å². The minimum Gasteiger partial charge on any atom is -0.385 e. The number of ether oxygens (including phenoxy) is 1. The molecule has 0 aromatic rings. The van der Waals surface area contributed by atoms with Crippen molar-refractivity contribution in [2.24, 2.45) is 0 Å². The van der Waals surface area contributed by atoms with Gasteiger partial charge in [-0.1, -0.05) is 155 Å². The molecule has 1 heteroatoms. The molecule has 0 spiro atoms. The van der Waals surface area contributed by atoms with Gasteiger partial charge in [-0.05, 0) is 6.42 Å². The molecular formula is C27H55O. The van der Waals surface area contributed by atoms with Gasteiger partial charge in [0.25, 0.3) is 0 Å². The molecular weight excluding hydrogens is 340 g/mol. The summed E-state index contributed by atoms with van der Waals surface area (Å²) in [5.41, 5.74) is 0. The number of hydrogen-bond acceptors (Lipinski definition) is 1. The fourth-order valence-corrected chi connectivity index (χ4v) is 4.14.